The molecule has 2 aromatic rings. The molecule has 0 atom stereocenters. The average molecular weight is 346 g/mol. The first kappa shape index (κ1) is 13.8. The van der Waals surface area contributed by atoms with E-state index >= 15 is 0 Å². The molecule has 2 rings (SSSR count). The first-order valence-electron chi connectivity index (χ1n) is 5.52. The number of hydrogen-bond donors (Lipinski definition) is 0. The number of aryl methyl sites for hydroxylation is 1. The molecule has 1 aromatic heterocycles. The summed E-state index contributed by atoms with van der Waals surface area (Å²) < 4.78 is 0. The molecule has 0 aliphatic heterocycles. The van der Waals surface area contributed by atoms with Gasteiger partial charge in [-0.1, -0.05) is 46.1 Å². The smallest absolute Gasteiger partial charge is 0.159 e. The summed E-state index contributed by atoms with van der Waals surface area (Å²) in [5, 5.41) is 1.81. The van der Waals surface area contributed by atoms with Gasteiger partial charge in [-0.3, -0.25) is 0 Å². The van der Waals surface area contributed by atoms with Crippen LogP contribution < -0.4 is 0 Å². The predicted octanol–water partition coefficient (Wildman–Crippen LogP) is 4.91. The summed E-state index contributed by atoms with van der Waals surface area (Å²) in [4.78, 5) is 8.92. The second kappa shape index (κ2) is 6.00. The van der Waals surface area contributed by atoms with Crippen molar-refractivity contribution >= 4 is 39.1 Å². The molecule has 0 saturated carbocycles. The predicted molar refractivity (Wildman–Crippen MR) is 79.5 cm³/mol. The fourth-order valence-corrected chi connectivity index (χ4v) is 2.40. The molecule has 0 unspecified atom stereocenters. The normalized spacial score (nSPS) is 10.7. The van der Waals surface area contributed by atoms with E-state index in [0.29, 0.717) is 15.9 Å². The van der Waals surface area contributed by atoms with E-state index in [9.17, 15) is 0 Å². The van der Waals surface area contributed by atoms with Crippen LogP contribution in [0.5, 0.6) is 0 Å². The van der Waals surface area contributed by atoms with Crippen molar-refractivity contribution in [3.8, 4) is 11.4 Å². The van der Waals surface area contributed by atoms with Crippen molar-refractivity contribution in [3.63, 3.8) is 0 Å². The molecule has 0 aliphatic rings. The molecule has 0 spiro atoms. The maximum absolute atomic E-state index is 6.00. The zero-order valence-electron chi connectivity index (χ0n) is 9.75. The second-order valence-electron chi connectivity index (χ2n) is 3.78. The largest absolute Gasteiger partial charge is 0.236 e. The number of rotatable bonds is 3. The molecule has 18 heavy (non-hydrogen) atoms. The summed E-state index contributed by atoms with van der Waals surface area (Å²) in [5.41, 5.74) is 3.03. The van der Waals surface area contributed by atoms with Gasteiger partial charge in [0.2, 0.25) is 0 Å². The third kappa shape index (κ3) is 2.85. The Morgan fingerprint density at radius 2 is 2.00 bits per heavy atom. The topological polar surface area (TPSA) is 25.8 Å². The van der Waals surface area contributed by atoms with E-state index in [1.165, 1.54) is 0 Å². The SMILES string of the molecule is CCc1nc(-c2ccc(Cl)c(Cl)c2)ncc1CBr. The van der Waals surface area contributed by atoms with Gasteiger partial charge < -0.3 is 0 Å². The minimum absolute atomic E-state index is 0.514. The van der Waals surface area contributed by atoms with Crippen LogP contribution in [0.15, 0.2) is 24.4 Å². The lowest BCUT2D eigenvalue weighted by molar-refractivity contribution is 0.973. The Morgan fingerprint density at radius 1 is 1.22 bits per heavy atom. The van der Waals surface area contributed by atoms with E-state index in [2.05, 4.69) is 32.8 Å². The van der Waals surface area contributed by atoms with Crippen molar-refractivity contribution in [1.29, 1.82) is 0 Å². The molecule has 1 aromatic carbocycles. The molecule has 0 N–H and O–H groups in total. The van der Waals surface area contributed by atoms with Gasteiger partial charge in [0.1, 0.15) is 0 Å². The Bertz CT molecular complexity index is 573. The lowest BCUT2D eigenvalue weighted by Gasteiger charge is -2.07. The van der Waals surface area contributed by atoms with E-state index in [4.69, 9.17) is 23.2 Å². The van der Waals surface area contributed by atoms with Crippen LogP contribution >= 0.6 is 39.1 Å². The van der Waals surface area contributed by atoms with Crippen LogP contribution in [0.2, 0.25) is 10.0 Å². The molecule has 0 bridgehead atoms. The van der Waals surface area contributed by atoms with Gasteiger partial charge in [-0.15, -0.1) is 0 Å². The number of halogens is 3. The van der Waals surface area contributed by atoms with Crippen LogP contribution in [0.25, 0.3) is 11.4 Å². The summed E-state index contributed by atoms with van der Waals surface area (Å²) >= 11 is 15.3. The first-order chi connectivity index (χ1) is 8.65. The van der Waals surface area contributed by atoms with Gasteiger partial charge in [-0.25, -0.2) is 9.97 Å². The van der Waals surface area contributed by atoms with Gasteiger partial charge in [0, 0.05) is 28.3 Å². The fraction of sp³-hybridized carbons (Fsp3) is 0.231. The highest BCUT2D eigenvalue weighted by molar-refractivity contribution is 9.08. The molecule has 0 fully saturated rings. The highest BCUT2D eigenvalue weighted by Crippen LogP contribution is 2.27. The van der Waals surface area contributed by atoms with Crippen LogP contribution in [0.3, 0.4) is 0 Å². The average Bonchev–Trinajstić information content (AvgIpc) is 2.41. The molecule has 0 radical (unpaired) electrons. The first-order valence-corrected chi connectivity index (χ1v) is 7.39. The summed E-state index contributed by atoms with van der Waals surface area (Å²) in [6.45, 7) is 2.08. The third-order valence-electron chi connectivity index (χ3n) is 2.61. The Balaban J connectivity index is 2.47. The highest BCUT2D eigenvalue weighted by Gasteiger charge is 2.08. The minimum atomic E-state index is 0.514. The molecule has 5 heteroatoms. The Kier molecular flexibility index (Phi) is 4.60. The maximum Gasteiger partial charge on any atom is 0.159 e. The molecule has 0 aliphatic carbocycles. The quantitative estimate of drug-likeness (QED) is 0.739. The minimum Gasteiger partial charge on any atom is -0.236 e. The molecule has 2 nitrogen and oxygen atoms in total. The summed E-state index contributed by atoms with van der Waals surface area (Å²) in [7, 11) is 0. The molecule has 1 heterocycles. The number of alkyl halides is 1. The van der Waals surface area contributed by atoms with Crippen LogP contribution in [-0.2, 0) is 11.8 Å². The summed E-state index contributed by atoms with van der Waals surface area (Å²) in [6, 6.07) is 5.41. The van der Waals surface area contributed by atoms with Crippen LogP contribution in [0.1, 0.15) is 18.2 Å². The number of hydrogen-bond acceptors (Lipinski definition) is 2. The Hall–Kier alpha value is -0.640. The molecular weight excluding hydrogens is 335 g/mol. The summed E-state index contributed by atoms with van der Waals surface area (Å²) in [5.74, 6) is 0.676. The highest BCUT2D eigenvalue weighted by atomic mass is 79.9. The molecular formula is C13H11BrCl2N2. The van der Waals surface area contributed by atoms with Crippen molar-refractivity contribution in [3.05, 3.63) is 45.7 Å². The number of aromatic nitrogens is 2. The van der Waals surface area contributed by atoms with Crippen molar-refractivity contribution in [1.82, 2.24) is 9.97 Å². The van der Waals surface area contributed by atoms with Crippen molar-refractivity contribution in [2.75, 3.05) is 0 Å². The lowest BCUT2D eigenvalue weighted by atomic mass is 10.1. The van der Waals surface area contributed by atoms with Gasteiger partial charge in [0.25, 0.3) is 0 Å². The number of benzene rings is 1. The van der Waals surface area contributed by atoms with Crippen molar-refractivity contribution in [2.45, 2.75) is 18.7 Å². The van der Waals surface area contributed by atoms with Gasteiger partial charge >= 0.3 is 0 Å². The molecule has 94 valence electrons. The van der Waals surface area contributed by atoms with E-state index in [1.807, 2.05) is 12.3 Å². The van der Waals surface area contributed by atoms with Gasteiger partial charge in [-0.05, 0) is 24.6 Å². The van der Waals surface area contributed by atoms with E-state index < -0.39 is 0 Å². The molecule has 0 saturated heterocycles. The van der Waals surface area contributed by atoms with Crippen molar-refractivity contribution in [2.24, 2.45) is 0 Å². The van der Waals surface area contributed by atoms with E-state index in [1.54, 1.807) is 12.1 Å². The maximum atomic E-state index is 6.00. The van der Waals surface area contributed by atoms with E-state index in [0.717, 1.165) is 28.6 Å². The zero-order chi connectivity index (χ0) is 13.1. The van der Waals surface area contributed by atoms with Gasteiger partial charge in [-0.2, -0.15) is 0 Å². The van der Waals surface area contributed by atoms with Gasteiger partial charge in [0.05, 0.1) is 10.0 Å². The number of nitrogens with zero attached hydrogens (tertiary/aromatic N) is 2. The molecule has 0 amide bonds. The van der Waals surface area contributed by atoms with E-state index in [-0.39, 0.29) is 0 Å². The van der Waals surface area contributed by atoms with Crippen LogP contribution in [0, 0.1) is 0 Å². The Labute approximate surface area is 124 Å². The standard InChI is InChI=1S/C13H11BrCl2N2/c1-2-12-9(6-14)7-17-13(18-12)8-3-4-10(15)11(16)5-8/h3-5,7H,2,6H2,1H3. The zero-order valence-corrected chi connectivity index (χ0v) is 12.8. The van der Waals surface area contributed by atoms with Gasteiger partial charge in [0.15, 0.2) is 5.82 Å². The third-order valence-corrected chi connectivity index (χ3v) is 3.95. The van der Waals surface area contributed by atoms with Crippen molar-refractivity contribution < 1.29 is 0 Å². The second-order valence-corrected chi connectivity index (χ2v) is 5.16. The fourth-order valence-electron chi connectivity index (χ4n) is 1.63. The van der Waals surface area contributed by atoms with Crippen LogP contribution in [0.4, 0.5) is 0 Å². The monoisotopic (exact) mass is 344 g/mol. The summed E-state index contributed by atoms with van der Waals surface area (Å²) in [6.07, 6.45) is 2.72. The lowest BCUT2D eigenvalue weighted by Crippen LogP contribution is -1.99. The Morgan fingerprint density at radius 3 is 2.61 bits per heavy atom. The van der Waals surface area contributed by atoms with Crippen LogP contribution in [-0.4, -0.2) is 9.97 Å².